The fourth-order valence-electron chi connectivity index (χ4n) is 2.93. The molecule has 1 aliphatic rings. The third kappa shape index (κ3) is 3.81. The number of nitrogens with zero attached hydrogens (tertiary/aromatic N) is 1. The predicted molar refractivity (Wildman–Crippen MR) is 91.4 cm³/mol. The molecule has 7 heteroatoms. The third-order valence-electron chi connectivity index (χ3n) is 4.09. The summed E-state index contributed by atoms with van der Waals surface area (Å²) in [5.41, 5.74) is 1.63. The highest BCUT2D eigenvalue weighted by molar-refractivity contribution is 9.10. The van der Waals surface area contributed by atoms with Crippen LogP contribution >= 0.6 is 15.9 Å². The molecule has 1 amide bonds. The smallest absolute Gasteiger partial charge is 0.415 e. The van der Waals surface area contributed by atoms with Gasteiger partial charge in [-0.2, -0.15) is 13.2 Å². The van der Waals surface area contributed by atoms with E-state index in [1.165, 1.54) is 0 Å². The second-order valence-electron chi connectivity index (χ2n) is 5.75. The van der Waals surface area contributed by atoms with Gasteiger partial charge < -0.3 is 4.74 Å². The number of carbonyl (C=O) groups is 1. The Hall–Kier alpha value is -2.02. The monoisotopic (exact) mass is 413 g/mol. The number of carbonyl (C=O) groups excluding carboxylic acids is 1. The molecular formula is C18H15BrF3NO2. The summed E-state index contributed by atoms with van der Waals surface area (Å²) in [6.07, 6.45) is -5.47. The maximum atomic E-state index is 13.5. The van der Waals surface area contributed by atoms with Crippen LogP contribution in [0.5, 0.6) is 0 Å². The standard InChI is InChI=1S/C18H15BrF3NO2/c19-14-8-4-7-13-9-10-15(18(20,21)22)23(16(13)14)17(24)25-11-12-5-2-1-3-6-12/h1-8,15H,9-11H2. The molecule has 132 valence electrons. The van der Waals surface area contributed by atoms with Crippen molar-refractivity contribution in [2.45, 2.75) is 31.7 Å². The van der Waals surface area contributed by atoms with E-state index in [0.29, 0.717) is 15.6 Å². The van der Waals surface area contributed by atoms with Gasteiger partial charge in [0, 0.05) is 4.47 Å². The van der Waals surface area contributed by atoms with E-state index in [-0.39, 0.29) is 25.1 Å². The Bertz CT molecular complexity index is 765. The van der Waals surface area contributed by atoms with E-state index >= 15 is 0 Å². The Labute approximate surface area is 151 Å². The van der Waals surface area contributed by atoms with E-state index in [9.17, 15) is 18.0 Å². The SMILES string of the molecule is O=C(OCc1ccccc1)N1c2c(Br)cccc2CCC1C(F)(F)F. The zero-order valence-corrected chi connectivity index (χ0v) is 14.7. The second kappa shape index (κ2) is 7.07. The number of fused-ring (bicyclic) bond motifs is 1. The van der Waals surface area contributed by atoms with Gasteiger partial charge in [-0.05, 0) is 46.0 Å². The lowest BCUT2D eigenvalue weighted by atomic mass is 9.96. The van der Waals surface area contributed by atoms with Gasteiger partial charge in [-0.25, -0.2) is 4.79 Å². The minimum atomic E-state index is -4.53. The van der Waals surface area contributed by atoms with Crippen LogP contribution < -0.4 is 4.90 Å². The lowest BCUT2D eigenvalue weighted by Gasteiger charge is -2.37. The van der Waals surface area contributed by atoms with Gasteiger partial charge in [-0.3, -0.25) is 4.90 Å². The summed E-state index contributed by atoms with van der Waals surface area (Å²) in [4.78, 5) is 13.3. The van der Waals surface area contributed by atoms with E-state index in [1.54, 1.807) is 42.5 Å². The Morgan fingerprint density at radius 1 is 1.16 bits per heavy atom. The number of benzene rings is 2. The Morgan fingerprint density at radius 3 is 2.56 bits per heavy atom. The van der Waals surface area contributed by atoms with Crippen molar-refractivity contribution >= 4 is 27.7 Å². The molecule has 0 bridgehead atoms. The normalized spacial score (nSPS) is 17.1. The summed E-state index contributed by atoms with van der Waals surface area (Å²) in [5, 5.41) is 0. The Morgan fingerprint density at radius 2 is 1.88 bits per heavy atom. The van der Waals surface area contributed by atoms with Crippen molar-refractivity contribution in [2.24, 2.45) is 0 Å². The molecule has 0 saturated heterocycles. The molecule has 0 N–H and O–H groups in total. The van der Waals surface area contributed by atoms with Crippen molar-refractivity contribution < 1.29 is 22.7 Å². The maximum Gasteiger partial charge on any atom is 0.415 e. The first-order valence-corrected chi connectivity index (χ1v) is 8.51. The number of hydrogen-bond donors (Lipinski definition) is 0. The summed E-state index contributed by atoms with van der Waals surface area (Å²) < 4.78 is 46.0. The van der Waals surface area contributed by atoms with Crippen LogP contribution in [0, 0.1) is 0 Å². The molecule has 1 aliphatic heterocycles. The molecule has 0 fully saturated rings. The van der Waals surface area contributed by atoms with Crippen molar-refractivity contribution in [2.75, 3.05) is 4.90 Å². The van der Waals surface area contributed by atoms with Crippen molar-refractivity contribution in [1.29, 1.82) is 0 Å². The molecule has 0 radical (unpaired) electrons. The lowest BCUT2D eigenvalue weighted by molar-refractivity contribution is -0.150. The van der Waals surface area contributed by atoms with Gasteiger partial charge in [0.1, 0.15) is 12.6 Å². The van der Waals surface area contributed by atoms with Crippen LogP contribution in [0.25, 0.3) is 0 Å². The van der Waals surface area contributed by atoms with Crippen LogP contribution in [0.2, 0.25) is 0 Å². The van der Waals surface area contributed by atoms with Gasteiger partial charge in [0.05, 0.1) is 5.69 Å². The highest BCUT2D eigenvalue weighted by atomic mass is 79.9. The van der Waals surface area contributed by atoms with E-state index in [4.69, 9.17) is 4.74 Å². The van der Waals surface area contributed by atoms with Gasteiger partial charge in [0.2, 0.25) is 0 Å². The molecular weight excluding hydrogens is 399 g/mol. The minimum Gasteiger partial charge on any atom is -0.444 e. The Kier molecular flexibility index (Phi) is 5.03. The Balaban J connectivity index is 1.90. The fraction of sp³-hybridized carbons (Fsp3) is 0.278. The van der Waals surface area contributed by atoms with Crippen LogP contribution in [-0.4, -0.2) is 18.3 Å². The van der Waals surface area contributed by atoms with Gasteiger partial charge >= 0.3 is 12.3 Å². The predicted octanol–water partition coefficient (Wildman–Crippen LogP) is 5.47. The first-order valence-electron chi connectivity index (χ1n) is 7.72. The number of para-hydroxylation sites is 1. The van der Waals surface area contributed by atoms with Crippen molar-refractivity contribution in [3.63, 3.8) is 0 Å². The lowest BCUT2D eigenvalue weighted by Crippen LogP contribution is -2.52. The number of halogens is 4. The molecule has 25 heavy (non-hydrogen) atoms. The number of hydrogen-bond acceptors (Lipinski definition) is 2. The quantitative estimate of drug-likeness (QED) is 0.653. The number of alkyl halides is 3. The third-order valence-corrected chi connectivity index (χ3v) is 4.73. The zero-order valence-electron chi connectivity index (χ0n) is 13.1. The molecule has 1 unspecified atom stereocenters. The van der Waals surface area contributed by atoms with Crippen molar-refractivity contribution in [1.82, 2.24) is 0 Å². The molecule has 3 nitrogen and oxygen atoms in total. The van der Waals surface area contributed by atoms with Crippen LogP contribution in [-0.2, 0) is 17.8 Å². The first-order chi connectivity index (χ1) is 11.9. The summed E-state index contributed by atoms with van der Waals surface area (Å²) in [6, 6.07) is 12.0. The molecule has 1 heterocycles. The fourth-order valence-corrected chi connectivity index (χ4v) is 3.52. The second-order valence-corrected chi connectivity index (χ2v) is 6.61. The molecule has 0 saturated carbocycles. The number of rotatable bonds is 2. The van der Waals surface area contributed by atoms with Gasteiger partial charge in [-0.1, -0.05) is 42.5 Å². The largest absolute Gasteiger partial charge is 0.444 e. The summed E-state index contributed by atoms with van der Waals surface area (Å²) >= 11 is 3.26. The minimum absolute atomic E-state index is 0.0828. The van der Waals surface area contributed by atoms with Gasteiger partial charge in [0.15, 0.2) is 0 Å². The molecule has 0 aromatic heterocycles. The summed E-state index contributed by atoms with van der Waals surface area (Å²) in [7, 11) is 0. The van der Waals surface area contributed by atoms with Crippen LogP contribution in [0.3, 0.4) is 0 Å². The van der Waals surface area contributed by atoms with Crippen molar-refractivity contribution in [3.05, 3.63) is 64.1 Å². The molecule has 2 aromatic rings. The number of ether oxygens (including phenoxy) is 1. The molecule has 1 atom stereocenters. The average molecular weight is 414 g/mol. The summed E-state index contributed by atoms with van der Waals surface area (Å²) in [5.74, 6) is 0. The zero-order chi connectivity index (χ0) is 18.0. The van der Waals surface area contributed by atoms with Crippen LogP contribution in [0.1, 0.15) is 17.5 Å². The highest BCUT2D eigenvalue weighted by Gasteiger charge is 2.49. The van der Waals surface area contributed by atoms with Crippen LogP contribution in [0.4, 0.5) is 23.7 Å². The number of amides is 1. The topological polar surface area (TPSA) is 29.5 Å². The maximum absolute atomic E-state index is 13.5. The molecule has 3 rings (SSSR count). The summed E-state index contributed by atoms with van der Waals surface area (Å²) in [6.45, 7) is -0.0828. The van der Waals surface area contributed by atoms with Crippen molar-refractivity contribution in [3.8, 4) is 0 Å². The molecule has 0 aliphatic carbocycles. The number of aryl methyl sites for hydroxylation is 1. The molecule has 2 aromatic carbocycles. The average Bonchev–Trinajstić information content (AvgIpc) is 2.59. The van der Waals surface area contributed by atoms with Gasteiger partial charge in [0.25, 0.3) is 0 Å². The van der Waals surface area contributed by atoms with Crippen LogP contribution in [0.15, 0.2) is 53.0 Å². The van der Waals surface area contributed by atoms with Gasteiger partial charge in [-0.15, -0.1) is 0 Å². The van der Waals surface area contributed by atoms with E-state index in [1.807, 2.05) is 6.07 Å². The van der Waals surface area contributed by atoms with E-state index in [0.717, 1.165) is 4.90 Å². The number of anilines is 1. The molecule has 0 spiro atoms. The van der Waals surface area contributed by atoms with E-state index in [2.05, 4.69) is 15.9 Å². The highest BCUT2D eigenvalue weighted by Crippen LogP contribution is 2.42. The first kappa shape index (κ1) is 17.8. The van der Waals surface area contributed by atoms with E-state index < -0.39 is 18.3 Å².